The lowest BCUT2D eigenvalue weighted by Gasteiger charge is -2.40. The first-order valence-electron chi connectivity index (χ1n) is 26.6. The molecule has 376 valence electrons. The van der Waals surface area contributed by atoms with Crippen LogP contribution in [0.5, 0.6) is 0 Å². The van der Waals surface area contributed by atoms with Gasteiger partial charge in [-0.05, 0) is 53.6 Å². The van der Waals surface area contributed by atoms with Gasteiger partial charge >= 0.3 is 0 Å². The van der Waals surface area contributed by atoms with E-state index in [2.05, 4.69) is 155 Å². The smallest absolute Gasteiger partial charge is 0.164 e. The molecule has 4 heterocycles. The molecule has 1 aliphatic heterocycles. The van der Waals surface area contributed by atoms with E-state index in [0.29, 0.717) is 29.1 Å². The topological polar surface area (TPSA) is 96.7 Å². The molecule has 0 bridgehead atoms. The normalized spacial score (nSPS) is 11.7. The van der Waals surface area contributed by atoms with E-state index in [1.54, 1.807) is 0 Å². The highest BCUT2D eigenvalue weighted by Crippen LogP contribution is 2.56. The summed E-state index contributed by atoms with van der Waals surface area (Å²) in [6.07, 6.45) is 0. The summed E-state index contributed by atoms with van der Waals surface area (Å²) in [7, 11) is 0. The van der Waals surface area contributed by atoms with Gasteiger partial charge in [-0.3, -0.25) is 4.90 Å². The Hall–Kier alpha value is -11.0. The highest BCUT2D eigenvalue weighted by atomic mass is 15.3. The molecule has 0 saturated heterocycles. The minimum absolute atomic E-state index is 0.504. The lowest BCUT2D eigenvalue weighted by molar-refractivity contribution is 1.07. The van der Waals surface area contributed by atoms with E-state index in [-0.39, 0.29) is 0 Å². The van der Waals surface area contributed by atoms with Crippen molar-refractivity contribution in [3.8, 4) is 102 Å². The molecule has 1 aliphatic rings. The van der Waals surface area contributed by atoms with Crippen molar-refractivity contribution in [1.29, 1.82) is 0 Å². The number of nitrogens with zero attached hydrogens (tertiary/aromatic N) is 9. The Morgan fingerprint density at radius 3 is 0.925 bits per heavy atom. The predicted molar refractivity (Wildman–Crippen MR) is 323 cm³/mol. The number of anilines is 6. The molecular formula is C71H47N9. The SMILES string of the molecule is c1ccc(-c2cc(N3c4ccccc4N(c4cc(-c5ccccc5)c(-c5nc(-c6ccccc6)nc(-c6ccccc6)n5)cc4-c4nc(-c5ccccc5)cc(-c5ccccc5)n4)c4ccccc43)nc(-c3ccccc3)n2)cc1. The monoisotopic (exact) mass is 1030 g/mol. The summed E-state index contributed by atoms with van der Waals surface area (Å²) >= 11 is 0. The quantitative estimate of drug-likeness (QED) is 0.125. The van der Waals surface area contributed by atoms with E-state index in [9.17, 15) is 0 Å². The Morgan fingerprint density at radius 1 is 0.188 bits per heavy atom. The Bertz CT molecular complexity index is 4120. The molecule has 0 saturated carbocycles. The van der Waals surface area contributed by atoms with Gasteiger partial charge in [0.05, 0.1) is 45.5 Å². The van der Waals surface area contributed by atoms with E-state index >= 15 is 0 Å². The number of benzene rings is 10. The van der Waals surface area contributed by atoms with Crippen molar-refractivity contribution in [2.24, 2.45) is 0 Å². The van der Waals surface area contributed by atoms with Gasteiger partial charge in [-0.2, -0.15) is 0 Å². The van der Waals surface area contributed by atoms with E-state index < -0.39 is 0 Å². The van der Waals surface area contributed by atoms with E-state index in [0.717, 1.165) is 107 Å². The summed E-state index contributed by atoms with van der Waals surface area (Å²) in [6.45, 7) is 0. The zero-order valence-corrected chi connectivity index (χ0v) is 43.2. The number of hydrogen-bond acceptors (Lipinski definition) is 9. The molecular weight excluding hydrogens is 979 g/mol. The molecule has 80 heavy (non-hydrogen) atoms. The van der Waals surface area contributed by atoms with Crippen LogP contribution in [0.15, 0.2) is 285 Å². The lowest BCUT2D eigenvalue weighted by Crippen LogP contribution is -2.25. The third-order valence-electron chi connectivity index (χ3n) is 14.3. The zero-order chi connectivity index (χ0) is 53.2. The van der Waals surface area contributed by atoms with Crippen LogP contribution in [0.3, 0.4) is 0 Å². The second-order valence-corrected chi connectivity index (χ2v) is 19.3. The second-order valence-electron chi connectivity index (χ2n) is 19.3. The number of aromatic nitrogens is 7. The molecule has 9 nitrogen and oxygen atoms in total. The van der Waals surface area contributed by atoms with Gasteiger partial charge in [-0.15, -0.1) is 0 Å². The molecule has 0 amide bonds. The maximum absolute atomic E-state index is 5.56. The Labute approximate surface area is 463 Å². The van der Waals surface area contributed by atoms with Crippen molar-refractivity contribution in [1.82, 2.24) is 34.9 Å². The van der Waals surface area contributed by atoms with Crippen LogP contribution in [0, 0.1) is 0 Å². The maximum Gasteiger partial charge on any atom is 0.164 e. The van der Waals surface area contributed by atoms with Crippen molar-refractivity contribution in [3.63, 3.8) is 0 Å². The average molecular weight is 1030 g/mol. The number of rotatable bonds is 11. The third-order valence-corrected chi connectivity index (χ3v) is 14.3. The highest BCUT2D eigenvalue weighted by molar-refractivity contribution is 6.05. The molecule has 0 spiro atoms. The molecule has 3 aromatic heterocycles. The van der Waals surface area contributed by atoms with E-state index in [4.69, 9.17) is 34.9 Å². The van der Waals surface area contributed by atoms with Gasteiger partial charge in [0.1, 0.15) is 5.82 Å². The molecule has 0 unspecified atom stereocenters. The van der Waals surface area contributed by atoms with Gasteiger partial charge in [0.15, 0.2) is 29.1 Å². The van der Waals surface area contributed by atoms with Crippen molar-refractivity contribution in [2.45, 2.75) is 0 Å². The Kier molecular flexibility index (Phi) is 12.3. The number of hydrogen-bond donors (Lipinski definition) is 0. The van der Waals surface area contributed by atoms with Crippen molar-refractivity contribution in [2.75, 3.05) is 9.80 Å². The van der Waals surface area contributed by atoms with Crippen LogP contribution in [0.2, 0.25) is 0 Å². The first-order chi connectivity index (χ1) is 39.7. The lowest BCUT2D eigenvalue weighted by atomic mass is 9.93. The Morgan fingerprint density at radius 2 is 0.500 bits per heavy atom. The highest BCUT2D eigenvalue weighted by Gasteiger charge is 2.34. The molecule has 9 heteroatoms. The van der Waals surface area contributed by atoms with E-state index in [1.165, 1.54) is 0 Å². The molecule has 0 radical (unpaired) electrons. The second kappa shape index (κ2) is 20.8. The van der Waals surface area contributed by atoms with Crippen LogP contribution < -0.4 is 9.80 Å². The zero-order valence-electron chi connectivity index (χ0n) is 43.2. The molecule has 0 aliphatic carbocycles. The predicted octanol–water partition coefficient (Wildman–Crippen LogP) is 17.7. The first kappa shape index (κ1) is 47.4. The molecule has 10 aromatic carbocycles. The summed E-state index contributed by atoms with van der Waals surface area (Å²) in [4.78, 5) is 42.2. The fourth-order valence-electron chi connectivity index (χ4n) is 10.5. The van der Waals surface area contributed by atoms with Gasteiger partial charge in [0, 0.05) is 50.6 Å². The molecule has 0 fully saturated rings. The third kappa shape index (κ3) is 9.10. The molecule has 13 aromatic rings. The van der Waals surface area contributed by atoms with Gasteiger partial charge in [-0.1, -0.05) is 237 Å². The van der Waals surface area contributed by atoms with Gasteiger partial charge in [-0.25, -0.2) is 34.9 Å². The number of fused-ring (bicyclic) bond motifs is 2. The van der Waals surface area contributed by atoms with Crippen LogP contribution in [0.1, 0.15) is 0 Å². The summed E-state index contributed by atoms with van der Waals surface area (Å²) in [5.41, 5.74) is 15.9. The van der Waals surface area contributed by atoms with Crippen LogP contribution >= 0.6 is 0 Å². The average Bonchev–Trinajstić information content (AvgIpc) is 3.66. The number of para-hydroxylation sites is 4. The fourth-order valence-corrected chi connectivity index (χ4v) is 10.5. The largest absolute Gasteiger partial charge is 0.306 e. The first-order valence-corrected chi connectivity index (χ1v) is 26.6. The van der Waals surface area contributed by atoms with Crippen molar-refractivity contribution in [3.05, 3.63) is 285 Å². The fraction of sp³-hybridized carbons (Fsp3) is 0. The van der Waals surface area contributed by atoms with Crippen LogP contribution in [0.4, 0.5) is 34.3 Å². The molecule has 0 N–H and O–H groups in total. The van der Waals surface area contributed by atoms with Crippen LogP contribution in [0.25, 0.3) is 102 Å². The van der Waals surface area contributed by atoms with Crippen LogP contribution in [-0.2, 0) is 0 Å². The van der Waals surface area contributed by atoms with Crippen molar-refractivity contribution < 1.29 is 0 Å². The Balaban J connectivity index is 1.07. The molecule has 0 atom stereocenters. The summed E-state index contributed by atoms with van der Waals surface area (Å²) in [5.74, 6) is 3.49. The van der Waals surface area contributed by atoms with E-state index in [1.807, 2.05) is 140 Å². The molecule has 14 rings (SSSR count). The van der Waals surface area contributed by atoms with Gasteiger partial charge < -0.3 is 4.90 Å². The summed E-state index contributed by atoms with van der Waals surface area (Å²) in [5, 5.41) is 0. The minimum Gasteiger partial charge on any atom is -0.306 e. The van der Waals surface area contributed by atoms with Gasteiger partial charge in [0.2, 0.25) is 0 Å². The maximum atomic E-state index is 5.56. The van der Waals surface area contributed by atoms with Crippen LogP contribution in [-0.4, -0.2) is 34.9 Å². The standard InChI is InChI=1S/C71H47N9/c1-8-26-48(27-9-1)55-45-65(79-61-40-22-24-42-63(61)80(64-43-25-23-41-62(64)79)66-47-60(51-32-14-4-15-33-51)72-67(75-66)52-34-16-5-17-35-52)57(71-73-58(49-28-10-2-11-29-49)46-59(74-71)50-30-12-3-13-31-50)44-56(55)70-77-68(53-36-18-6-19-37-53)76-69(78-70)54-38-20-7-21-39-54/h1-47H. The van der Waals surface area contributed by atoms with Crippen molar-refractivity contribution >= 4 is 34.3 Å². The van der Waals surface area contributed by atoms with Gasteiger partial charge in [0.25, 0.3) is 0 Å². The minimum atomic E-state index is 0.504. The summed E-state index contributed by atoms with van der Waals surface area (Å²) < 4.78 is 0. The summed E-state index contributed by atoms with van der Waals surface area (Å²) in [6, 6.07) is 97.4.